The van der Waals surface area contributed by atoms with Gasteiger partial charge in [-0.2, -0.15) is 0 Å². The van der Waals surface area contributed by atoms with Gasteiger partial charge in [0.15, 0.2) is 15.6 Å². The predicted molar refractivity (Wildman–Crippen MR) is 115 cm³/mol. The molecule has 0 N–H and O–H groups in total. The molecule has 3 aliphatic heterocycles. The Morgan fingerprint density at radius 1 is 1.19 bits per heavy atom. The first-order chi connectivity index (χ1) is 14.8. The summed E-state index contributed by atoms with van der Waals surface area (Å²) in [6.45, 7) is 2.76. The second kappa shape index (κ2) is 7.39. The van der Waals surface area contributed by atoms with Gasteiger partial charge in [-0.3, -0.25) is 9.69 Å². The molecule has 0 radical (unpaired) electrons. The zero-order valence-electron chi connectivity index (χ0n) is 17.4. The number of ketones is 1. The third-order valence-electron chi connectivity index (χ3n) is 6.10. The van der Waals surface area contributed by atoms with E-state index in [-0.39, 0.29) is 29.1 Å². The van der Waals surface area contributed by atoms with Crippen molar-refractivity contribution in [3.63, 3.8) is 0 Å². The standard InChI is InChI=1S/C23H23NO6S/c1-14-22-16(11-24(13-29-22)17-7-8-31(26,27)12-17)10-19-21(25)20(30-23(14)19)9-15-3-5-18(28-2)6-4-15/h3-6,9-10,17H,7-8,11-13H2,1-2H3/b20-9+/t17-/m1/s1. The Balaban J connectivity index is 1.43. The molecular formula is C23H23NO6S. The minimum absolute atomic E-state index is 0.0517. The number of sulfone groups is 1. The first-order valence-electron chi connectivity index (χ1n) is 10.2. The number of methoxy groups -OCH3 is 1. The van der Waals surface area contributed by atoms with E-state index in [0.29, 0.717) is 36.8 Å². The van der Waals surface area contributed by atoms with Gasteiger partial charge in [0.2, 0.25) is 5.78 Å². The lowest BCUT2D eigenvalue weighted by Gasteiger charge is -2.33. The van der Waals surface area contributed by atoms with E-state index in [2.05, 4.69) is 0 Å². The van der Waals surface area contributed by atoms with Crippen LogP contribution in [0.4, 0.5) is 0 Å². The molecule has 2 aromatic carbocycles. The van der Waals surface area contributed by atoms with E-state index in [0.717, 1.165) is 22.4 Å². The number of hydrogen-bond donors (Lipinski definition) is 0. The van der Waals surface area contributed by atoms with Crippen molar-refractivity contribution in [1.29, 1.82) is 0 Å². The fraction of sp³-hybridized carbons (Fsp3) is 0.348. The molecule has 31 heavy (non-hydrogen) atoms. The number of rotatable bonds is 3. The van der Waals surface area contributed by atoms with Gasteiger partial charge < -0.3 is 14.2 Å². The molecule has 0 bridgehead atoms. The lowest BCUT2D eigenvalue weighted by atomic mass is 9.99. The number of fused-ring (bicyclic) bond motifs is 2. The van der Waals surface area contributed by atoms with Gasteiger partial charge in [-0.25, -0.2) is 8.42 Å². The summed E-state index contributed by atoms with van der Waals surface area (Å²) in [6, 6.07) is 9.15. The second-order valence-corrected chi connectivity index (χ2v) is 10.4. The number of Topliss-reactive ketones (excluding diaryl/α,β-unsaturated/α-hetero) is 1. The Morgan fingerprint density at radius 3 is 2.65 bits per heavy atom. The van der Waals surface area contributed by atoms with Crippen LogP contribution in [0.15, 0.2) is 36.1 Å². The van der Waals surface area contributed by atoms with Crippen molar-refractivity contribution in [2.75, 3.05) is 25.3 Å². The van der Waals surface area contributed by atoms with Crippen molar-refractivity contribution >= 4 is 21.7 Å². The van der Waals surface area contributed by atoms with Crippen LogP contribution in [0.5, 0.6) is 17.2 Å². The van der Waals surface area contributed by atoms with E-state index in [1.807, 2.05) is 42.2 Å². The maximum Gasteiger partial charge on any atom is 0.231 e. The molecule has 3 heterocycles. The number of benzene rings is 2. The van der Waals surface area contributed by atoms with E-state index in [4.69, 9.17) is 14.2 Å². The summed E-state index contributed by atoms with van der Waals surface area (Å²) in [4.78, 5) is 15.1. The first-order valence-corrected chi connectivity index (χ1v) is 12.0. The third kappa shape index (κ3) is 3.59. The van der Waals surface area contributed by atoms with Crippen LogP contribution in [-0.4, -0.2) is 50.5 Å². The smallest absolute Gasteiger partial charge is 0.231 e. The average molecular weight is 442 g/mol. The molecule has 0 aliphatic carbocycles. The summed E-state index contributed by atoms with van der Waals surface area (Å²) < 4.78 is 40.8. The van der Waals surface area contributed by atoms with E-state index >= 15 is 0 Å². The number of allylic oxidation sites excluding steroid dienone is 1. The quantitative estimate of drug-likeness (QED) is 0.678. The number of ether oxygens (including phenoxy) is 3. The summed E-state index contributed by atoms with van der Waals surface area (Å²) >= 11 is 0. The number of hydrogen-bond acceptors (Lipinski definition) is 7. The predicted octanol–water partition coefficient (Wildman–Crippen LogP) is 2.96. The molecule has 1 atom stereocenters. The maximum atomic E-state index is 13.0. The summed E-state index contributed by atoms with van der Waals surface area (Å²) in [5.74, 6) is 2.46. The third-order valence-corrected chi connectivity index (χ3v) is 7.85. The van der Waals surface area contributed by atoms with Crippen LogP contribution in [0.25, 0.3) is 6.08 Å². The molecule has 162 valence electrons. The molecule has 3 aliphatic rings. The Labute approximate surface area is 181 Å². The molecule has 0 spiro atoms. The molecule has 7 nitrogen and oxygen atoms in total. The van der Waals surface area contributed by atoms with Crippen molar-refractivity contribution in [1.82, 2.24) is 4.90 Å². The van der Waals surface area contributed by atoms with Crippen LogP contribution >= 0.6 is 0 Å². The van der Waals surface area contributed by atoms with Gasteiger partial charge in [-0.05, 0) is 43.2 Å². The van der Waals surface area contributed by atoms with Gasteiger partial charge in [-0.1, -0.05) is 12.1 Å². The van der Waals surface area contributed by atoms with Crippen molar-refractivity contribution in [3.05, 3.63) is 58.3 Å². The van der Waals surface area contributed by atoms with Gasteiger partial charge >= 0.3 is 0 Å². The van der Waals surface area contributed by atoms with Crippen molar-refractivity contribution < 1.29 is 27.4 Å². The molecule has 0 amide bonds. The zero-order valence-corrected chi connectivity index (χ0v) is 18.2. The Kier molecular flexibility index (Phi) is 4.79. The molecule has 0 aromatic heterocycles. The van der Waals surface area contributed by atoms with Gasteiger partial charge in [0, 0.05) is 23.7 Å². The van der Waals surface area contributed by atoms with Crippen molar-refractivity contribution in [2.24, 2.45) is 0 Å². The SMILES string of the molecule is COc1ccc(/C=C2/Oc3c(cc4c(c3C)OCN([C@@H]3CCS(=O)(=O)C3)C4)C2=O)cc1. The van der Waals surface area contributed by atoms with Crippen LogP contribution < -0.4 is 14.2 Å². The highest BCUT2D eigenvalue weighted by Gasteiger charge is 2.37. The highest BCUT2D eigenvalue weighted by molar-refractivity contribution is 7.91. The van der Waals surface area contributed by atoms with E-state index in [1.165, 1.54) is 0 Å². The molecule has 1 saturated heterocycles. The highest BCUT2D eigenvalue weighted by atomic mass is 32.2. The molecule has 1 fully saturated rings. The van der Waals surface area contributed by atoms with Crippen LogP contribution in [-0.2, 0) is 16.4 Å². The van der Waals surface area contributed by atoms with Gasteiger partial charge in [0.1, 0.15) is 24.0 Å². The minimum atomic E-state index is -2.98. The van der Waals surface area contributed by atoms with Crippen LogP contribution in [0.2, 0.25) is 0 Å². The summed E-state index contributed by atoms with van der Waals surface area (Å²) in [5, 5.41) is 0. The molecule has 0 unspecified atom stereocenters. The van der Waals surface area contributed by atoms with Gasteiger partial charge in [-0.15, -0.1) is 0 Å². The van der Waals surface area contributed by atoms with Crippen molar-refractivity contribution in [2.45, 2.75) is 25.9 Å². The molecule has 5 rings (SSSR count). The van der Waals surface area contributed by atoms with Crippen LogP contribution in [0, 0.1) is 6.92 Å². The second-order valence-electron chi connectivity index (χ2n) is 8.16. The largest absolute Gasteiger partial charge is 0.497 e. The Bertz CT molecular complexity index is 1200. The number of nitrogens with zero attached hydrogens (tertiary/aromatic N) is 1. The fourth-order valence-electron chi connectivity index (χ4n) is 4.42. The first kappa shape index (κ1) is 20.1. The Hall–Kier alpha value is -2.84. The summed E-state index contributed by atoms with van der Waals surface area (Å²) in [5.41, 5.74) is 3.02. The molecule has 8 heteroatoms. The molecule has 0 saturated carbocycles. The molecule has 2 aromatic rings. The topological polar surface area (TPSA) is 82.1 Å². The monoisotopic (exact) mass is 441 g/mol. The van der Waals surface area contributed by atoms with E-state index < -0.39 is 9.84 Å². The average Bonchev–Trinajstić information content (AvgIpc) is 3.28. The van der Waals surface area contributed by atoms with Crippen LogP contribution in [0.3, 0.4) is 0 Å². The van der Waals surface area contributed by atoms with E-state index in [1.54, 1.807) is 13.2 Å². The lowest BCUT2D eigenvalue weighted by molar-refractivity contribution is 0.0637. The van der Waals surface area contributed by atoms with Gasteiger partial charge in [0.25, 0.3) is 0 Å². The van der Waals surface area contributed by atoms with Crippen LogP contribution in [0.1, 0.15) is 33.5 Å². The summed E-state index contributed by atoms with van der Waals surface area (Å²) in [6.07, 6.45) is 2.33. The van der Waals surface area contributed by atoms with Crippen molar-refractivity contribution in [3.8, 4) is 17.2 Å². The van der Waals surface area contributed by atoms with Gasteiger partial charge in [0.05, 0.1) is 24.2 Å². The fourth-order valence-corrected chi connectivity index (χ4v) is 6.18. The number of carbonyl (C=O) groups is 1. The highest BCUT2D eigenvalue weighted by Crippen LogP contribution is 2.43. The Morgan fingerprint density at radius 2 is 1.97 bits per heavy atom. The summed E-state index contributed by atoms with van der Waals surface area (Å²) in [7, 11) is -1.37. The normalized spacial score (nSPS) is 23.2. The molecular weight excluding hydrogens is 418 g/mol. The number of carbonyl (C=O) groups excluding carboxylic acids is 1. The lowest BCUT2D eigenvalue weighted by Crippen LogP contribution is -2.41. The zero-order chi connectivity index (χ0) is 21.8. The van der Waals surface area contributed by atoms with E-state index in [9.17, 15) is 13.2 Å². The minimum Gasteiger partial charge on any atom is -0.497 e. The maximum absolute atomic E-state index is 13.0.